The number of rotatable bonds is 10. The van der Waals surface area contributed by atoms with Gasteiger partial charge in [0.2, 0.25) is 0 Å². The summed E-state index contributed by atoms with van der Waals surface area (Å²) in [4.78, 5) is 4.59. The number of benzene rings is 6. The van der Waals surface area contributed by atoms with Crippen molar-refractivity contribution < 1.29 is 8.85 Å². The first-order valence-electron chi connectivity index (χ1n) is 16.0. The van der Waals surface area contributed by atoms with Crippen molar-refractivity contribution in [1.82, 2.24) is 0 Å². The minimum atomic E-state index is -2.42. The van der Waals surface area contributed by atoms with Crippen LogP contribution in [0.1, 0.15) is 16.7 Å². The molecule has 0 bridgehead atoms. The Labute approximate surface area is 280 Å². The van der Waals surface area contributed by atoms with Gasteiger partial charge in [-0.15, -0.1) is 0 Å². The molecule has 0 heterocycles. The van der Waals surface area contributed by atoms with Crippen molar-refractivity contribution in [2.45, 2.75) is 27.3 Å². The van der Waals surface area contributed by atoms with Gasteiger partial charge in [0, 0.05) is 48.3 Å². The van der Waals surface area contributed by atoms with Crippen LogP contribution in [0, 0.1) is 20.8 Å². The lowest BCUT2D eigenvalue weighted by Crippen LogP contribution is -2.49. The third-order valence-corrected chi connectivity index (χ3v) is 11.8. The summed E-state index contributed by atoms with van der Waals surface area (Å²) in [5.74, 6) is 0. The predicted octanol–water partition coefficient (Wildman–Crippen LogP) is 10.8. The molecule has 4 nitrogen and oxygen atoms in total. The van der Waals surface area contributed by atoms with Crippen molar-refractivity contribution in [1.29, 1.82) is 0 Å². The highest BCUT2D eigenvalue weighted by Crippen LogP contribution is 2.38. The molecule has 236 valence electrons. The average Bonchev–Trinajstić information content (AvgIpc) is 3.11. The molecule has 0 fully saturated rings. The lowest BCUT2D eigenvalue weighted by Gasteiger charge is -2.28. The standard InChI is InChI=1S/C42H42N2O2Si/c1-31-7-17-36(18-8-31)43(37-19-9-32(2)10-20-37)39-23-13-34(14-24-39)35-15-25-40(26-16-35)44(38-21-11-33(3)12-22-38)41-27-29-42(30-28-41)47(6,45-4)46-5/h7-30H,1-6H3. The van der Waals surface area contributed by atoms with Crippen LogP contribution >= 0.6 is 0 Å². The summed E-state index contributed by atoms with van der Waals surface area (Å²) in [7, 11) is 1.03. The molecule has 5 heteroatoms. The van der Waals surface area contributed by atoms with Gasteiger partial charge in [0.1, 0.15) is 0 Å². The molecule has 6 aromatic rings. The summed E-state index contributed by atoms with van der Waals surface area (Å²) in [6.45, 7) is 8.42. The van der Waals surface area contributed by atoms with Gasteiger partial charge in [0.15, 0.2) is 0 Å². The van der Waals surface area contributed by atoms with Gasteiger partial charge in [-0.1, -0.05) is 89.5 Å². The van der Waals surface area contributed by atoms with Crippen LogP contribution in [0.3, 0.4) is 0 Å². The van der Waals surface area contributed by atoms with E-state index in [1.807, 2.05) is 0 Å². The topological polar surface area (TPSA) is 24.9 Å². The van der Waals surface area contributed by atoms with Gasteiger partial charge in [0.05, 0.1) is 0 Å². The molecule has 0 saturated carbocycles. The quantitative estimate of drug-likeness (QED) is 0.140. The Morgan fingerprint density at radius 1 is 0.362 bits per heavy atom. The Balaban J connectivity index is 1.31. The van der Waals surface area contributed by atoms with E-state index in [0.717, 1.165) is 39.3 Å². The maximum atomic E-state index is 5.79. The number of nitrogens with zero attached hydrogens (tertiary/aromatic N) is 2. The van der Waals surface area contributed by atoms with E-state index in [9.17, 15) is 0 Å². The monoisotopic (exact) mass is 634 g/mol. The van der Waals surface area contributed by atoms with Crippen LogP contribution in [0.25, 0.3) is 11.1 Å². The van der Waals surface area contributed by atoms with Crippen LogP contribution in [0.15, 0.2) is 146 Å². The molecular formula is C42H42N2O2Si. The van der Waals surface area contributed by atoms with E-state index in [4.69, 9.17) is 8.85 Å². The Kier molecular flexibility index (Phi) is 9.41. The number of anilines is 6. The van der Waals surface area contributed by atoms with Crippen LogP contribution in [0.5, 0.6) is 0 Å². The fraction of sp³-hybridized carbons (Fsp3) is 0.143. The molecule has 0 atom stereocenters. The van der Waals surface area contributed by atoms with Crippen LogP contribution < -0.4 is 15.0 Å². The van der Waals surface area contributed by atoms with Crippen LogP contribution in [-0.2, 0) is 8.85 Å². The lowest BCUT2D eigenvalue weighted by molar-refractivity contribution is 0.265. The molecule has 0 unspecified atom stereocenters. The summed E-state index contributed by atoms with van der Waals surface area (Å²) in [5.41, 5.74) is 12.7. The molecule has 0 radical (unpaired) electrons. The minimum Gasteiger partial charge on any atom is -0.394 e. The van der Waals surface area contributed by atoms with Crippen molar-refractivity contribution in [2.75, 3.05) is 24.0 Å². The first-order chi connectivity index (χ1) is 22.8. The Morgan fingerprint density at radius 3 is 0.851 bits per heavy atom. The third-order valence-electron chi connectivity index (χ3n) is 8.89. The highest BCUT2D eigenvalue weighted by molar-refractivity contribution is 6.79. The molecule has 0 aliphatic heterocycles. The zero-order chi connectivity index (χ0) is 33.0. The second-order valence-corrected chi connectivity index (χ2v) is 15.5. The average molecular weight is 635 g/mol. The SMILES string of the molecule is CO[Si](C)(OC)c1ccc(N(c2ccc(C)cc2)c2ccc(-c3ccc(N(c4ccc(C)cc4)c4ccc(C)cc4)cc3)cc2)cc1. The molecule has 0 aliphatic rings. The molecule has 6 aromatic carbocycles. The molecule has 0 spiro atoms. The van der Waals surface area contributed by atoms with Crippen molar-refractivity contribution in [3.8, 4) is 11.1 Å². The van der Waals surface area contributed by atoms with Crippen LogP contribution in [0.2, 0.25) is 6.55 Å². The summed E-state index contributed by atoms with van der Waals surface area (Å²) in [6, 6.07) is 52.3. The van der Waals surface area contributed by atoms with Crippen LogP contribution in [0.4, 0.5) is 34.1 Å². The Morgan fingerprint density at radius 2 is 0.596 bits per heavy atom. The van der Waals surface area contributed by atoms with Gasteiger partial charge in [-0.2, -0.15) is 0 Å². The summed E-state index contributed by atoms with van der Waals surface area (Å²) in [6.07, 6.45) is 0. The smallest absolute Gasteiger partial charge is 0.368 e. The van der Waals surface area contributed by atoms with Gasteiger partial charge < -0.3 is 18.7 Å². The van der Waals surface area contributed by atoms with Crippen molar-refractivity contribution in [2.24, 2.45) is 0 Å². The largest absolute Gasteiger partial charge is 0.394 e. The van der Waals surface area contributed by atoms with E-state index in [-0.39, 0.29) is 0 Å². The highest BCUT2D eigenvalue weighted by atomic mass is 28.4. The third kappa shape index (κ3) is 6.93. The second-order valence-electron chi connectivity index (χ2n) is 12.2. The van der Waals surface area contributed by atoms with Crippen LogP contribution in [-0.4, -0.2) is 22.8 Å². The van der Waals surface area contributed by atoms with Crippen molar-refractivity contribution >= 4 is 47.9 Å². The lowest BCUT2D eigenvalue weighted by atomic mass is 10.0. The summed E-state index contributed by atoms with van der Waals surface area (Å²) < 4.78 is 11.6. The Hall–Kier alpha value is -4.94. The van der Waals surface area contributed by atoms with Gasteiger partial charge in [-0.25, -0.2) is 0 Å². The summed E-state index contributed by atoms with van der Waals surface area (Å²) in [5, 5.41) is 1.09. The molecule has 6 rings (SSSR count). The maximum absolute atomic E-state index is 5.79. The van der Waals surface area contributed by atoms with Gasteiger partial charge in [-0.05, 0) is 116 Å². The number of aryl methyl sites for hydroxylation is 3. The number of hydrogen-bond donors (Lipinski definition) is 0. The fourth-order valence-electron chi connectivity index (χ4n) is 5.81. The van der Waals surface area contributed by atoms with E-state index in [1.165, 1.54) is 27.8 Å². The van der Waals surface area contributed by atoms with Gasteiger partial charge >= 0.3 is 8.56 Å². The normalized spacial score (nSPS) is 11.4. The highest BCUT2D eigenvalue weighted by Gasteiger charge is 2.31. The van der Waals surface area contributed by atoms with E-state index in [2.05, 4.69) is 183 Å². The predicted molar refractivity (Wildman–Crippen MR) is 201 cm³/mol. The minimum absolute atomic E-state index is 1.07. The second kappa shape index (κ2) is 13.8. The van der Waals surface area contributed by atoms with Gasteiger partial charge in [0.25, 0.3) is 0 Å². The van der Waals surface area contributed by atoms with E-state index in [1.54, 1.807) is 14.2 Å². The number of hydrogen-bond acceptors (Lipinski definition) is 4. The molecule has 0 aromatic heterocycles. The first kappa shape index (κ1) is 32.0. The molecule has 0 amide bonds. The molecule has 0 saturated heterocycles. The first-order valence-corrected chi connectivity index (χ1v) is 18.3. The van der Waals surface area contributed by atoms with E-state index >= 15 is 0 Å². The zero-order valence-corrected chi connectivity index (χ0v) is 29.1. The molecule has 0 N–H and O–H groups in total. The Bertz CT molecular complexity index is 1850. The molecule has 47 heavy (non-hydrogen) atoms. The van der Waals surface area contributed by atoms with Crippen molar-refractivity contribution in [3.05, 3.63) is 162 Å². The molecular weight excluding hydrogens is 593 g/mol. The van der Waals surface area contributed by atoms with E-state index < -0.39 is 8.56 Å². The molecule has 0 aliphatic carbocycles. The van der Waals surface area contributed by atoms with Crippen molar-refractivity contribution in [3.63, 3.8) is 0 Å². The maximum Gasteiger partial charge on any atom is 0.368 e. The van der Waals surface area contributed by atoms with E-state index in [0.29, 0.717) is 0 Å². The fourth-order valence-corrected chi connectivity index (χ4v) is 7.22. The van der Waals surface area contributed by atoms with Gasteiger partial charge in [-0.3, -0.25) is 0 Å². The summed E-state index contributed by atoms with van der Waals surface area (Å²) >= 11 is 0. The zero-order valence-electron chi connectivity index (χ0n) is 28.1.